The molecule has 2 unspecified atom stereocenters. The maximum Gasteiger partial charge on any atom is 0.332 e. The zero-order valence-electron chi connectivity index (χ0n) is 18.7. The first-order valence-corrected chi connectivity index (χ1v) is 10.8. The molecule has 9 nitrogen and oxygen atoms in total. The second kappa shape index (κ2) is 11.0. The van der Waals surface area contributed by atoms with E-state index in [2.05, 4.69) is 16.2 Å². The van der Waals surface area contributed by atoms with E-state index >= 15 is 0 Å². The van der Waals surface area contributed by atoms with Gasteiger partial charge < -0.3 is 20.4 Å². The van der Waals surface area contributed by atoms with Crippen molar-refractivity contribution in [3.63, 3.8) is 0 Å². The number of carboxylic acids is 1. The van der Waals surface area contributed by atoms with E-state index in [1.54, 1.807) is 14.1 Å². The van der Waals surface area contributed by atoms with E-state index in [9.17, 15) is 19.5 Å². The number of amides is 2. The van der Waals surface area contributed by atoms with Crippen LogP contribution in [0.4, 0.5) is 0 Å². The van der Waals surface area contributed by atoms with E-state index in [1.807, 2.05) is 54.6 Å². The van der Waals surface area contributed by atoms with Gasteiger partial charge in [0.15, 0.2) is 6.10 Å². The van der Waals surface area contributed by atoms with E-state index in [4.69, 9.17) is 5.11 Å². The molecule has 0 aromatic heterocycles. The van der Waals surface area contributed by atoms with Crippen molar-refractivity contribution in [1.29, 1.82) is 0 Å². The molecule has 1 aliphatic rings. The Morgan fingerprint density at radius 3 is 2.21 bits per heavy atom. The average Bonchev–Trinajstić information content (AvgIpc) is 3.30. The molecule has 0 bridgehead atoms. The number of likely N-dealkylation sites (N-methyl/N-ethyl adjacent to an activating group) is 1. The van der Waals surface area contributed by atoms with Gasteiger partial charge in [0.05, 0.1) is 0 Å². The summed E-state index contributed by atoms with van der Waals surface area (Å²) in [5.41, 5.74) is 8.68. The Labute approximate surface area is 192 Å². The van der Waals surface area contributed by atoms with Crippen molar-refractivity contribution in [2.45, 2.75) is 43.5 Å². The van der Waals surface area contributed by atoms with Gasteiger partial charge in [-0.3, -0.25) is 9.59 Å². The van der Waals surface area contributed by atoms with Gasteiger partial charge in [-0.15, -0.1) is 0 Å². The van der Waals surface area contributed by atoms with Gasteiger partial charge in [0, 0.05) is 26.6 Å². The minimum atomic E-state index is -1.60. The molecule has 2 amide bonds. The predicted molar refractivity (Wildman–Crippen MR) is 123 cm³/mol. The molecular weight excluding hydrogens is 424 g/mol. The molecule has 9 heteroatoms. The normalized spacial score (nSPS) is 19.5. The minimum Gasteiger partial charge on any atom is -0.479 e. The van der Waals surface area contributed by atoms with Crippen molar-refractivity contribution in [2.75, 3.05) is 14.1 Å². The van der Waals surface area contributed by atoms with Crippen molar-refractivity contribution in [3.05, 3.63) is 60.2 Å². The van der Waals surface area contributed by atoms with Gasteiger partial charge in [-0.2, -0.15) is 0 Å². The lowest BCUT2D eigenvalue weighted by molar-refractivity contribution is -0.147. The molecule has 2 aromatic carbocycles. The molecule has 0 aliphatic carbocycles. The van der Waals surface area contributed by atoms with Crippen LogP contribution in [0.15, 0.2) is 54.6 Å². The van der Waals surface area contributed by atoms with Crippen molar-refractivity contribution in [3.8, 4) is 11.1 Å². The summed E-state index contributed by atoms with van der Waals surface area (Å²) >= 11 is 0. The van der Waals surface area contributed by atoms with Crippen LogP contribution in [0, 0.1) is 0 Å². The summed E-state index contributed by atoms with van der Waals surface area (Å²) in [6, 6.07) is 15.9. The number of aliphatic hydroxyl groups is 1. The maximum absolute atomic E-state index is 12.8. The van der Waals surface area contributed by atoms with Crippen LogP contribution in [-0.2, 0) is 20.8 Å². The third-order valence-electron chi connectivity index (χ3n) is 5.64. The Balaban J connectivity index is 1.66. The number of nitrogens with zero attached hydrogens (tertiary/aromatic N) is 1. The summed E-state index contributed by atoms with van der Waals surface area (Å²) < 4.78 is 0. The van der Waals surface area contributed by atoms with Gasteiger partial charge in [0.2, 0.25) is 11.8 Å². The third kappa shape index (κ3) is 6.61. The highest BCUT2D eigenvalue weighted by Gasteiger charge is 2.35. The van der Waals surface area contributed by atoms with Crippen molar-refractivity contribution >= 4 is 17.8 Å². The molecule has 2 aromatic rings. The molecule has 33 heavy (non-hydrogen) atoms. The number of nitrogens with one attached hydrogen (secondary N) is 3. The molecule has 4 atom stereocenters. The van der Waals surface area contributed by atoms with Crippen LogP contribution in [0.3, 0.4) is 0 Å². The van der Waals surface area contributed by atoms with Crippen LogP contribution in [0.2, 0.25) is 0 Å². The summed E-state index contributed by atoms with van der Waals surface area (Å²) in [5, 5.41) is 21.9. The fourth-order valence-corrected chi connectivity index (χ4v) is 3.82. The fourth-order valence-electron chi connectivity index (χ4n) is 3.82. The average molecular weight is 455 g/mol. The van der Waals surface area contributed by atoms with Gasteiger partial charge in [-0.05, 0) is 29.5 Å². The number of hydrogen-bond donors (Lipinski definition) is 5. The SMILES string of the molecule is CN(C)C(=O)C1CC(C(=O)N[C@H](Cc2ccc(-c3ccccc3)cc2)C[C@@H](O)C(=O)O)NN1. The van der Waals surface area contributed by atoms with Crippen molar-refractivity contribution in [2.24, 2.45) is 0 Å². The zero-order chi connectivity index (χ0) is 24.0. The number of carboxylic acid groups (broad SMARTS) is 1. The van der Waals surface area contributed by atoms with Crippen LogP contribution in [0.1, 0.15) is 18.4 Å². The quantitative estimate of drug-likeness (QED) is 0.374. The predicted octanol–water partition coefficient (Wildman–Crippen LogP) is 0.540. The molecule has 1 fully saturated rings. The molecule has 5 N–H and O–H groups in total. The molecular formula is C24H30N4O5. The van der Waals surface area contributed by atoms with Crippen LogP contribution in [0.5, 0.6) is 0 Å². The highest BCUT2D eigenvalue weighted by atomic mass is 16.4. The number of aliphatic carboxylic acids is 1. The fraction of sp³-hybridized carbons (Fsp3) is 0.375. The number of carbonyl (C=O) groups is 3. The Morgan fingerprint density at radius 1 is 1.00 bits per heavy atom. The van der Waals surface area contributed by atoms with Crippen LogP contribution < -0.4 is 16.2 Å². The van der Waals surface area contributed by atoms with Crippen molar-refractivity contribution in [1.82, 2.24) is 21.1 Å². The number of carbonyl (C=O) groups excluding carboxylic acids is 2. The molecule has 1 heterocycles. The topological polar surface area (TPSA) is 131 Å². The summed E-state index contributed by atoms with van der Waals surface area (Å²) in [7, 11) is 3.29. The van der Waals surface area contributed by atoms with E-state index in [0.29, 0.717) is 6.42 Å². The third-order valence-corrected chi connectivity index (χ3v) is 5.64. The molecule has 0 spiro atoms. The summed E-state index contributed by atoms with van der Waals surface area (Å²) in [6.45, 7) is 0. The van der Waals surface area contributed by atoms with Gasteiger partial charge in [-0.25, -0.2) is 15.6 Å². The Hall–Kier alpha value is -3.27. The summed E-state index contributed by atoms with van der Waals surface area (Å²) in [5.74, 6) is -1.85. The van der Waals surface area contributed by atoms with E-state index in [0.717, 1.165) is 16.7 Å². The number of hydrazine groups is 1. The summed E-state index contributed by atoms with van der Waals surface area (Å²) in [4.78, 5) is 37.6. The van der Waals surface area contributed by atoms with E-state index < -0.39 is 30.2 Å². The molecule has 0 radical (unpaired) electrons. The van der Waals surface area contributed by atoms with Gasteiger partial charge in [0.25, 0.3) is 0 Å². The Kier molecular flexibility index (Phi) is 8.16. The zero-order valence-corrected chi connectivity index (χ0v) is 18.7. The standard InChI is InChI=1S/C24H30N4O5/c1-28(2)23(31)20-14-19(26-27-20)22(30)25-18(13-21(29)24(32)33)12-15-8-10-17(11-9-15)16-6-4-3-5-7-16/h3-11,18-21,26-27,29H,12-14H2,1-2H3,(H,25,30)(H,32,33)/t18-,19?,20?,21-/m1/s1. The van der Waals surface area contributed by atoms with E-state index in [-0.39, 0.29) is 24.7 Å². The highest BCUT2D eigenvalue weighted by Crippen LogP contribution is 2.20. The lowest BCUT2D eigenvalue weighted by atomic mass is 9.97. The Morgan fingerprint density at radius 2 is 1.61 bits per heavy atom. The molecule has 176 valence electrons. The van der Waals surface area contributed by atoms with Crippen LogP contribution >= 0.6 is 0 Å². The number of benzene rings is 2. The molecule has 0 saturated carbocycles. The van der Waals surface area contributed by atoms with Gasteiger partial charge in [-0.1, -0.05) is 54.6 Å². The first-order chi connectivity index (χ1) is 15.7. The summed E-state index contributed by atoms with van der Waals surface area (Å²) in [6.07, 6.45) is -1.12. The molecule has 1 aliphatic heterocycles. The van der Waals surface area contributed by atoms with Gasteiger partial charge in [0.1, 0.15) is 12.1 Å². The largest absolute Gasteiger partial charge is 0.479 e. The van der Waals surface area contributed by atoms with Crippen molar-refractivity contribution < 1.29 is 24.6 Å². The monoisotopic (exact) mass is 454 g/mol. The lowest BCUT2D eigenvalue weighted by Gasteiger charge is -2.22. The van der Waals surface area contributed by atoms with E-state index in [1.165, 1.54) is 4.90 Å². The highest BCUT2D eigenvalue weighted by molar-refractivity contribution is 5.86. The second-order valence-corrected chi connectivity index (χ2v) is 8.42. The molecule has 1 saturated heterocycles. The van der Waals surface area contributed by atoms with Crippen LogP contribution in [0.25, 0.3) is 11.1 Å². The smallest absolute Gasteiger partial charge is 0.332 e. The van der Waals surface area contributed by atoms with Gasteiger partial charge >= 0.3 is 5.97 Å². The lowest BCUT2D eigenvalue weighted by Crippen LogP contribution is -2.49. The molecule has 3 rings (SSSR count). The first kappa shape index (κ1) is 24.4. The number of aliphatic hydroxyl groups excluding tert-OH is 1. The maximum atomic E-state index is 12.8. The Bertz CT molecular complexity index is 965. The minimum absolute atomic E-state index is 0.137. The second-order valence-electron chi connectivity index (χ2n) is 8.42. The number of hydrogen-bond acceptors (Lipinski definition) is 6. The first-order valence-electron chi connectivity index (χ1n) is 10.8. The number of rotatable bonds is 9. The van der Waals surface area contributed by atoms with Crippen LogP contribution in [-0.4, -0.2) is 71.2 Å².